The fourth-order valence-corrected chi connectivity index (χ4v) is 2.86. The van der Waals surface area contributed by atoms with Gasteiger partial charge in [-0.25, -0.2) is 0 Å². The zero-order chi connectivity index (χ0) is 9.47. The van der Waals surface area contributed by atoms with Gasteiger partial charge < -0.3 is 10.6 Å². The topological polar surface area (TPSA) is 29.3 Å². The van der Waals surface area contributed by atoms with Crippen molar-refractivity contribution in [1.82, 2.24) is 4.90 Å². The summed E-state index contributed by atoms with van der Waals surface area (Å²) in [5, 5.41) is 0. The zero-order valence-electron chi connectivity index (χ0n) is 8.55. The molecule has 0 amide bonds. The number of rotatable bonds is 0. The van der Waals surface area contributed by atoms with E-state index in [1.165, 1.54) is 31.5 Å². The van der Waals surface area contributed by atoms with E-state index in [2.05, 4.69) is 18.5 Å². The molecule has 2 fully saturated rings. The second-order valence-corrected chi connectivity index (χ2v) is 4.71. The second kappa shape index (κ2) is 3.10. The molecule has 0 aromatic heterocycles. The maximum Gasteiger partial charge on any atom is 0.0137 e. The monoisotopic (exact) mass is 180 g/mol. The Morgan fingerprint density at radius 2 is 2.08 bits per heavy atom. The van der Waals surface area contributed by atoms with Crippen LogP contribution in [0.2, 0.25) is 0 Å². The smallest absolute Gasteiger partial charge is 0.0137 e. The highest BCUT2D eigenvalue weighted by atomic mass is 15.1. The number of nitrogens with two attached hydrogens (primary N) is 1. The quantitative estimate of drug-likeness (QED) is 0.571. The number of hydrogen-bond donors (Lipinski definition) is 1. The Morgan fingerprint density at radius 3 is 2.54 bits per heavy atom. The van der Waals surface area contributed by atoms with Crippen molar-refractivity contribution in [3.63, 3.8) is 0 Å². The van der Waals surface area contributed by atoms with Crippen LogP contribution in [0.3, 0.4) is 0 Å². The van der Waals surface area contributed by atoms with Gasteiger partial charge in [-0.3, -0.25) is 0 Å². The minimum atomic E-state index is 0.312. The fourth-order valence-electron chi connectivity index (χ4n) is 2.86. The molecule has 1 unspecified atom stereocenters. The van der Waals surface area contributed by atoms with Gasteiger partial charge in [0.2, 0.25) is 0 Å². The van der Waals surface area contributed by atoms with Crippen LogP contribution in [0.15, 0.2) is 12.2 Å². The molecule has 2 heteroatoms. The number of piperidine rings is 1. The molecule has 0 radical (unpaired) electrons. The summed E-state index contributed by atoms with van der Waals surface area (Å²) in [6, 6.07) is 0.383. The van der Waals surface area contributed by atoms with Crippen LogP contribution in [0.25, 0.3) is 0 Å². The summed E-state index contributed by atoms with van der Waals surface area (Å²) in [5.74, 6) is 0. The van der Waals surface area contributed by atoms with Crippen LogP contribution in [0.4, 0.5) is 0 Å². The third kappa shape index (κ3) is 1.32. The van der Waals surface area contributed by atoms with E-state index < -0.39 is 0 Å². The lowest BCUT2D eigenvalue weighted by Gasteiger charge is -2.41. The number of nitrogens with zero attached hydrogens (tertiary/aromatic N) is 1. The molecule has 1 atom stereocenters. The van der Waals surface area contributed by atoms with Gasteiger partial charge in [0.25, 0.3) is 0 Å². The molecular formula is C11H20N2. The summed E-state index contributed by atoms with van der Waals surface area (Å²) < 4.78 is 0. The number of hydrogen-bond acceptors (Lipinski definition) is 2. The normalized spacial score (nSPS) is 34.3. The molecule has 0 aromatic carbocycles. The molecule has 0 bridgehead atoms. The molecule has 2 aliphatic rings. The van der Waals surface area contributed by atoms with Gasteiger partial charge in [0.15, 0.2) is 0 Å². The van der Waals surface area contributed by atoms with Gasteiger partial charge in [-0.15, -0.1) is 0 Å². The Bertz CT molecular complexity index is 214. The van der Waals surface area contributed by atoms with E-state index in [1.807, 2.05) is 0 Å². The lowest BCUT2D eigenvalue weighted by molar-refractivity contribution is 0.144. The Morgan fingerprint density at radius 1 is 1.46 bits per heavy atom. The van der Waals surface area contributed by atoms with Gasteiger partial charge in [0.1, 0.15) is 0 Å². The molecular weight excluding hydrogens is 160 g/mol. The third-order valence-corrected chi connectivity index (χ3v) is 4.05. The summed E-state index contributed by atoms with van der Waals surface area (Å²) >= 11 is 0. The van der Waals surface area contributed by atoms with Crippen LogP contribution in [-0.4, -0.2) is 31.1 Å². The molecule has 1 saturated carbocycles. The largest absolute Gasteiger partial charge is 0.327 e. The van der Waals surface area contributed by atoms with E-state index >= 15 is 0 Å². The number of likely N-dealkylation sites (tertiary alicyclic amines) is 1. The molecule has 1 heterocycles. The Kier molecular flexibility index (Phi) is 2.20. The lowest BCUT2D eigenvalue weighted by Crippen LogP contribution is -2.46. The van der Waals surface area contributed by atoms with E-state index in [9.17, 15) is 0 Å². The summed E-state index contributed by atoms with van der Waals surface area (Å²) in [5.41, 5.74) is 7.94. The molecule has 74 valence electrons. The first-order valence-corrected chi connectivity index (χ1v) is 5.27. The average molecular weight is 180 g/mol. The van der Waals surface area contributed by atoms with Crippen LogP contribution in [-0.2, 0) is 0 Å². The van der Waals surface area contributed by atoms with Crippen molar-refractivity contribution in [3.05, 3.63) is 12.2 Å². The van der Waals surface area contributed by atoms with Gasteiger partial charge in [0.05, 0.1) is 0 Å². The molecule has 2 nitrogen and oxygen atoms in total. The lowest BCUT2D eigenvalue weighted by atomic mass is 9.72. The van der Waals surface area contributed by atoms with Crippen molar-refractivity contribution in [2.45, 2.75) is 31.7 Å². The maximum atomic E-state index is 6.20. The first-order valence-electron chi connectivity index (χ1n) is 5.27. The molecule has 1 saturated heterocycles. The molecule has 2 rings (SSSR count). The van der Waals surface area contributed by atoms with Crippen molar-refractivity contribution in [1.29, 1.82) is 0 Å². The summed E-state index contributed by atoms with van der Waals surface area (Å²) in [6.07, 6.45) is 4.76. The van der Waals surface area contributed by atoms with Crippen molar-refractivity contribution in [2.24, 2.45) is 11.1 Å². The van der Waals surface area contributed by atoms with Crippen LogP contribution in [0, 0.1) is 5.41 Å². The van der Waals surface area contributed by atoms with Crippen LogP contribution in [0.1, 0.15) is 25.7 Å². The second-order valence-electron chi connectivity index (χ2n) is 4.71. The van der Waals surface area contributed by atoms with Gasteiger partial charge >= 0.3 is 0 Å². The predicted molar refractivity (Wildman–Crippen MR) is 55.5 cm³/mol. The molecule has 2 N–H and O–H groups in total. The first-order chi connectivity index (χ1) is 6.15. The van der Waals surface area contributed by atoms with Crippen molar-refractivity contribution in [3.8, 4) is 0 Å². The Labute approximate surface area is 80.8 Å². The van der Waals surface area contributed by atoms with E-state index in [0.29, 0.717) is 11.5 Å². The Hall–Kier alpha value is -0.340. The molecule has 1 aliphatic heterocycles. The Balaban J connectivity index is 2.15. The highest BCUT2D eigenvalue weighted by Gasteiger charge is 2.44. The van der Waals surface area contributed by atoms with Gasteiger partial charge in [0, 0.05) is 11.5 Å². The molecule has 1 spiro atoms. The van der Waals surface area contributed by atoms with Gasteiger partial charge in [-0.05, 0) is 45.8 Å². The zero-order valence-corrected chi connectivity index (χ0v) is 8.55. The van der Waals surface area contributed by atoms with E-state index in [0.717, 1.165) is 12.8 Å². The third-order valence-electron chi connectivity index (χ3n) is 4.05. The summed E-state index contributed by atoms with van der Waals surface area (Å²) in [6.45, 7) is 6.58. The van der Waals surface area contributed by atoms with Crippen LogP contribution >= 0.6 is 0 Å². The molecule has 0 aromatic rings. The van der Waals surface area contributed by atoms with Crippen molar-refractivity contribution in [2.75, 3.05) is 20.1 Å². The van der Waals surface area contributed by atoms with E-state index in [-0.39, 0.29) is 0 Å². The van der Waals surface area contributed by atoms with Crippen molar-refractivity contribution < 1.29 is 0 Å². The minimum Gasteiger partial charge on any atom is -0.327 e. The van der Waals surface area contributed by atoms with Crippen LogP contribution < -0.4 is 5.73 Å². The van der Waals surface area contributed by atoms with Gasteiger partial charge in [-0.1, -0.05) is 12.2 Å². The van der Waals surface area contributed by atoms with Crippen molar-refractivity contribution >= 4 is 0 Å². The molecule has 13 heavy (non-hydrogen) atoms. The summed E-state index contributed by atoms with van der Waals surface area (Å²) in [7, 11) is 2.19. The van der Waals surface area contributed by atoms with Crippen LogP contribution in [0.5, 0.6) is 0 Å². The predicted octanol–water partition coefficient (Wildman–Crippen LogP) is 1.38. The maximum absolute atomic E-state index is 6.20. The van der Waals surface area contributed by atoms with E-state index in [4.69, 9.17) is 5.73 Å². The highest BCUT2D eigenvalue weighted by molar-refractivity contribution is 5.21. The average Bonchev–Trinajstić information content (AvgIpc) is 2.39. The van der Waals surface area contributed by atoms with E-state index in [1.54, 1.807) is 0 Å². The minimum absolute atomic E-state index is 0.312. The summed E-state index contributed by atoms with van der Waals surface area (Å²) in [4.78, 5) is 2.39. The highest BCUT2D eigenvalue weighted by Crippen LogP contribution is 2.48. The SMILES string of the molecule is C=C1CCC(N)C12CCN(C)CC2. The molecule has 1 aliphatic carbocycles. The van der Waals surface area contributed by atoms with Gasteiger partial charge in [-0.2, -0.15) is 0 Å². The standard InChI is InChI=1S/C11H20N2/c1-9-3-4-10(12)11(9)5-7-13(2)8-6-11/h10H,1,3-8,12H2,2H3. The fraction of sp³-hybridized carbons (Fsp3) is 0.818. The first kappa shape index (κ1) is 9.22.